The molecule has 0 aliphatic heterocycles. The summed E-state index contributed by atoms with van der Waals surface area (Å²) in [5.74, 6) is -0.833. The van der Waals surface area contributed by atoms with Crippen LogP contribution in [0.15, 0.2) is 24.3 Å². The van der Waals surface area contributed by atoms with Crippen LogP contribution in [-0.4, -0.2) is 38.0 Å². The van der Waals surface area contributed by atoms with Crippen LogP contribution in [0.4, 0.5) is 13.2 Å². The third-order valence-corrected chi connectivity index (χ3v) is 2.77. The topological polar surface area (TPSA) is 58.4 Å². The summed E-state index contributed by atoms with van der Waals surface area (Å²) in [6, 6.07) is 3.78. The summed E-state index contributed by atoms with van der Waals surface area (Å²) in [5, 5.41) is 2.76. The number of carbonyl (C=O) groups excluding carboxylic acids is 1. The first kappa shape index (κ1) is 16.5. The van der Waals surface area contributed by atoms with Gasteiger partial charge in [-0.15, -0.1) is 0 Å². The number of benzene rings is 1. The van der Waals surface area contributed by atoms with Gasteiger partial charge in [0.15, 0.2) is 0 Å². The summed E-state index contributed by atoms with van der Waals surface area (Å²) in [4.78, 5) is 13.3. The lowest BCUT2D eigenvalue weighted by atomic mass is 9.99. The lowest BCUT2D eigenvalue weighted by molar-refractivity contribution is -0.138. The molecule has 1 rings (SSSR count). The van der Waals surface area contributed by atoms with E-state index >= 15 is 0 Å². The molecule has 0 saturated heterocycles. The van der Waals surface area contributed by atoms with Crippen molar-refractivity contribution in [3.63, 3.8) is 0 Å². The van der Waals surface area contributed by atoms with Crippen molar-refractivity contribution < 1.29 is 18.0 Å². The van der Waals surface area contributed by atoms with E-state index in [2.05, 4.69) is 5.32 Å². The van der Waals surface area contributed by atoms with Gasteiger partial charge in [-0.1, -0.05) is 18.2 Å². The average molecular weight is 289 g/mol. The number of hydrogen-bond acceptors (Lipinski definition) is 3. The van der Waals surface area contributed by atoms with Crippen molar-refractivity contribution in [3.8, 4) is 0 Å². The number of likely N-dealkylation sites (N-methyl/N-ethyl adjacent to an activating group) is 1. The third kappa shape index (κ3) is 4.50. The Kier molecular flexibility index (Phi) is 5.52. The molecule has 0 aliphatic rings. The van der Waals surface area contributed by atoms with E-state index in [0.29, 0.717) is 13.1 Å². The number of primary amides is 1. The Balaban J connectivity index is 3.01. The van der Waals surface area contributed by atoms with Gasteiger partial charge in [0.1, 0.15) is 6.04 Å². The Hall–Kier alpha value is -1.60. The summed E-state index contributed by atoms with van der Waals surface area (Å²) >= 11 is 0. The highest BCUT2D eigenvalue weighted by molar-refractivity contribution is 5.82. The lowest BCUT2D eigenvalue weighted by Crippen LogP contribution is -2.38. The Morgan fingerprint density at radius 1 is 1.35 bits per heavy atom. The minimum atomic E-state index is -4.52. The molecule has 3 N–H and O–H groups in total. The zero-order valence-corrected chi connectivity index (χ0v) is 11.4. The number of amides is 1. The Morgan fingerprint density at radius 2 is 1.95 bits per heavy atom. The second-order valence-electron chi connectivity index (χ2n) is 4.68. The maximum atomic E-state index is 12.9. The first-order valence-corrected chi connectivity index (χ1v) is 6.07. The fourth-order valence-electron chi connectivity index (χ4n) is 1.80. The summed E-state index contributed by atoms with van der Waals surface area (Å²) in [6.07, 6.45) is -4.52. The zero-order valence-electron chi connectivity index (χ0n) is 11.4. The quantitative estimate of drug-likeness (QED) is 0.832. The molecule has 0 radical (unpaired) electrons. The lowest BCUT2D eigenvalue weighted by Gasteiger charge is -2.21. The number of hydrogen-bond donors (Lipinski definition) is 2. The number of carbonyl (C=O) groups is 1. The first-order chi connectivity index (χ1) is 9.23. The van der Waals surface area contributed by atoms with Crippen molar-refractivity contribution in [1.29, 1.82) is 0 Å². The number of nitrogens with zero attached hydrogens (tertiary/aromatic N) is 1. The highest BCUT2D eigenvalue weighted by Gasteiger charge is 2.36. The molecule has 0 heterocycles. The summed E-state index contributed by atoms with van der Waals surface area (Å²) in [6.45, 7) is 0.935. The van der Waals surface area contributed by atoms with Gasteiger partial charge in [-0.3, -0.25) is 4.79 Å². The fraction of sp³-hybridized carbons (Fsp3) is 0.462. The third-order valence-electron chi connectivity index (χ3n) is 2.77. The first-order valence-electron chi connectivity index (χ1n) is 6.07. The van der Waals surface area contributed by atoms with E-state index in [9.17, 15) is 18.0 Å². The second-order valence-corrected chi connectivity index (χ2v) is 4.68. The minimum absolute atomic E-state index is 0.147. The van der Waals surface area contributed by atoms with Gasteiger partial charge in [-0.05, 0) is 25.7 Å². The molecule has 0 saturated carbocycles. The van der Waals surface area contributed by atoms with Crippen LogP contribution in [0, 0.1) is 0 Å². The maximum absolute atomic E-state index is 12.9. The number of alkyl halides is 3. The highest BCUT2D eigenvalue weighted by Crippen LogP contribution is 2.34. The zero-order chi connectivity index (χ0) is 15.3. The molecule has 1 unspecified atom stereocenters. The van der Waals surface area contributed by atoms with Crippen LogP contribution in [-0.2, 0) is 11.0 Å². The van der Waals surface area contributed by atoms with Crippen LogP contribution >= 0.6 is 0 Å². The molecule has 0 bridgehead atoms. The Bertz CT molecular complexity index is 460. The Morgan fingerprint density at radius 3 is 2.45 bits per heavy atom. The van der Waals surface area contributed by atoms with E-state index in [1.807, 2.05) is 19.0 Å². The van der Waals surface area contributed by atoms with Crippen molar-refractivity contribution >= 4 is 5.91 Å². The molecule has 1 aromatic rings. The van der Waals surface area contributed by atoms with Crippen LogP contribution in [0.5, 0.6) is 0 Å². The number of nitrogens with one attached hydrogen (secondary N) is 1. The van der Waals surface area contributed by atoms with E-state index in [4.69, 9.17) is 5.73 Å². The van der Waals surface area contributed by atoms with Crippen molar-refractivity contribution in [2.45, 2.75) is 12.2 Å². The molecular weight excluding hydrogens is 271 g/mol. The molecular formula is C13H18F3N3O. The van der Waals surface area contributed by atoms with Crippen LogP contribution in [0.25, 0.3) is 0 Å². The van der Waals surface area contributed by atoms with Gasteiger partial charge in [-0.2, -0.15) is 13.2 Å². The van der Waals surface area contributed by atoms with Gasteiger partial charge in [-0.25, -0.2) is 0 Å². The summed E-state index contributed by atoms with van der Waals surface area (Å²) in [5.41, 5.74) is 4.22. The van der Waals surface area contributed by atoms with E-state index in [0.717, 1.165) is 6.07 Å². The number of rotatable bonds is 6. The van der Waals surface area contributed by atoms with Gasteiger partial charge >= 0.3 is 6.18 Å². The van der Waals surface area contributed by atoms with Gasteiger partial charge in [0, 0.05) is 13.1 Å². The SMILES string of the molecule is CN(C)CCNC(C(N)=O)c1ccccc1C(F)(F)F. The molecule has 20 heavy (non-hydrogen) atoms. The van der Waals surface area contributed by atoms with E-state index in [-0.39, 0.29) is 5.56 Å². The smallest absolute Gasteiger partial charge is 0.368 e. The van der Waals surface area contributed by atoms with Crippen molar-refractivity contribution in [2.24, 2.45) is 5.73 Å². The standard InChI is InChI=1S/C13H18F3N3O/c1-19(2)8-7-18-11(12(17)20)9-5-3-4-6-10(9)13(14,15)16/h3-6,11,18H,7-8H2,1-2H3,(H2,17,20). The van der Waals surface area contributed by atoms with E-state index in [1.54, 1.807) is 0 Å². The van der Waals surface area contributed by atoms with Crippen molar-refractivity contribution in [1.82, 2.24) is 10.2 Å². The van der Waals surface area contributed by atoms with Crippen LogP contribution < -0.4 is 11.1 Å². The largest absolute Gasteiger partial charge is 0.416 e. The van der Waals surface area contributed by atoms with Crippen LogP contribution in [0.2, 0.25) is 0 Å². The number of halogens is 3. The predicted octanol–water partition coefficient (Wildman–Crippen LogP) is 1.38. The molecule has 1 aromatic carbocycles. The molecule has 7 heteroatoms. The Labute approximate surface area is 115 Å². The van der Waals surface area contributed by atoms with Crippen LogP contribution in [0.1, 0.15) is 17.2 Å². The maximum Gasteiger partial charge on any atom is 0.416 e. The molecule has 0 fully saturated rings. The number of nitrogens with two attached hydrogens (primary N) is 1. The molecule has 4 nitrogen and oxygen atoms in total. The van der Waals surface area contributed by atoms with Gasteiger partial charge in [0.2, 0.25) is 5.91 Å². The average Bonchev–Trinajstić information content (AvgIpc) is 2.33. The fourth-order valence-corrected chi connectivity index (χ4v) is 1.80. The normalized spacial score (nSPS) is 13.5. The van der Waals surface area contributed by atoms with E-state index < -0.39 is 23.7 Å². The van der Waals surface area contributed by atoms with Gasteiger partial charge in [0.05, 0.1) is 5.56 Å². The molecule has 0 aliphatic carbocycles. The molecule has 1 amide bonds. The predicted molar refractivity (Wildman–Crippen MR) is 69.9 cm³/mol. The highest BCUT2D eigenvalue weighted by atomic mass is 19.4. The molecule has 112 valence electrons. The van der Waals surface area contributed by atoms with E-state index in [1.165, 1.54) is 18.2 Å². The second kappa shape index (κ2) is 6.71. The monoisotopic (exact) mass is 289 g/mol. The van der Waals surface area contributed by atoms with Crippen LogP contribution in [0.3, 0.4) is 0 Å². The van der Waals surface area contributed by atoms with Crippen molar-refractivity contribution in [2.75, 3.05) is 27.2 Å². The van der Waals surface area contributed by atoms with Crippen molar-refractivity contribution in [3.05, 3.63) is 35.4 Å². The molecule has 0 spiro atoms. The minimum Gasteiger partial charge on any atom is -0.368 e. The summed E-state index contributed by atoms with van der Waals surface area (Å²) in [7, 11) is 3.65. The summed E-state index contributed by atoms with van der Waals surface area (Å²) < 4.78 is 38.8. The molecule has 1 atom stereocenters. The van der Waals surface area contributed by atoms with Gasteiger partial charge < -0.3 is 16.0 Å². The molecule has 0 aromatic heterocycles. The van der Waals surface area contributed by atoms with Gasteiger partial charge in [0.25, 0.3) is 0 Å².